The van der Waals surface area contributed by atoms with Crippen molar-refractivity contribution in [3.63, 3.8) is 0 Å². The molecule has 1 aliphatic rings. The lowest BCUT2D eigenvalue weighted by atomic mass is 9.91. The summed E-state index contributed by atoms with van der Waals surface area (Å²) in [7, 11) is -6.50. The molecular weight excluding hydrogens is 502 g/mol. The molecule has 0 fully saturated rings. The average Bonchev–Trinajstić information content (AvgIpc) is 2.93. The topological polar surface area (TPSA) is 124 Å². The number of benzene rings is 1. The van der Waals surface area contributed by atoms with E-state index in [0.717, 1.165) is 0 Å². The van der Waals surface area contributed by atoms with Crippen molar-refractivity contribution in [3.05, 3.63) is 47.7 Å². The summed E-state index contributed by atoms with van der Waals surface area (Å²) in [6.07, 6.45) is -8.56. The molecule has 0 bridgehead atoms. The number of alkyl carbamates (subject to hydrolysis) is 1. The van der Waals surface area contributed by atoms with Gasteiger partial charge >= 0.3 is 12.2 Å². The summed E-state index contributed by atoms with van der Waals surface area (Å²) < 4.78 is 116. The Hall–Kier alpha value is -3.53. The first-order chi connectivity index (χ1) is 23.0. The molecule has 3 unspecified atom stereocenters. The zero-order valence-corrected chi connectivity index (χ0v) is 22.5. The van der Waals surface area contributed by atoms with Gasteiger partial charge in [-0.15, -0.1) is 0 Å². The molecule has 3 amide bonds. The van der Waals surface area contributed by atoms with Gasteiger partial charge in [0.15, 0.2) is 0 Å². The molecule has 1 aliphatic carbocycles. The summed E-state index contributed by atoms with van der Waals surface area (Å²) in [5.74, 6) is -4.55. The Morgan fingerprint density at radius 2 is 1.87 bits per heavy atom. The van der Waals surface area contributed by atoms with Crippen LogP contribution in [0.3, 0.4) is 0 Å². The normalized spacial score (nSPS) is 28.9. The number of ether oxygens (including phenoxy) is 4. The molecule has 0 saturated carbocycles. The van der Waals surface area contributed by atoms with E-state index in [1.807, 2.05) is 0 Å². The summed E-state index contributed by atoms with van der Waals surface area (Å²) in [5.41, 5.74) is -0.838. The lowest BCUT2D eigenvalue weighted by molar-refractivity contribution is -0.124. The third-order valence-electron chi connectivity index (χ3n) is 4.89. The van der Waals surface area contributed by atoms with E-state index in [9.17, 15) is 14.4 Å². The van der Waals surface area contributed by atoms with Crippen LogP contribution in [0.1, 0.15) is 69.4 Å². The number of nitrogens with one attached hydrogen (secondary N) is 3. The molecule has 0 aliphatic heterocycles. The SMILES string of the molecule is [2H]/C(=C(/[2H])C1([2H])C=C(OC([2H])([2H])[2H])CC([2H])(OC([2H])([2H])[2H])C1([2H])[2H])c1ccc(OC(=O)NCCNC(=O)C(NC(=O)OC(C)(C)C)C(C)C)cc1. The predicted molar refractivity (Wildman–Crippen MR) is 149 cm³/mol. The summed E-state index contributed by atoms with van der Waals surface area (Å²) >= 11 is 0. The number of hydrogen-bond donors (Lipinski definition) is 3. The van der Waals surface area contributed by atoms with Crippen molar-refractivity contribution < 1.29 is 49.8 Å². The zero-order valence-electron chi connectivity index (χ0n) is 34.5. The van der Waals surface area contributed by atoms with Gasteiger partial charge in [-0.1, -0.05) is 38.1 Å². The van der Waals surface area contributed by atoms with E-state index in [0.29, 0.717) is 6.08 Å². The van der Waals surface area contributed by atoms with Crippen molar-refractivity contribution in [2.24, 2.45) is 11.8 Å². The van der Waals surface area contributed by atoms with Gasteiger partial charge in [0, 0.05) is 36.6 Å². The van der Waals surface area contributed by atoms with Gasteiger partial charge in [0.2, 0.25) is 5.91 Å². The van der Waals surface area contributed by atoms with Crippen molar-refractivity contribution in [3.8, 4) is 5.75 Å². The molecule has 2 rings (SSSR count). The van der Waals surface area contributed by atoms with Gasteiger partial charge in [-0.05, 0) is 56.8 Å². The largest absolute Gasteiger partial charge is 0.501 e. The molecule has 39 heavy (non-hydrogen) atoms. The van der Waals surface area contributed by atoms with Crippen LogP contribution in [0, 0.1) is 11.8 Å². The molecular formula is C29H43N3O7. The minimum Gasteiger partial charge on any atom is -0.501 e. The van der Waals surface area contributed by atoms with E-state index in [2.05, 4.69) is 16.0 Å². The first-order valence-corrected chi connectivity index (χ1v) is 12.1. The number of carbonyl (C=O) groups is 3. The second-order valence-corrected chi connectivity index (χ2v) is 9.70. The minimum absolute atomic E-state index is 0.0156. The molecule has 3 N–H and O–H groups in total. The van der Waals surface area contributed by atoms with Crippen LogP contribution in [0.25, 0.3) is 6.05 Å². The first-order valence-electron chi connectivity index (χ1n) is 18.1. The zero-order chi connectivity index (χ0) is 39.4. The molecule has 216 valence electrons. The second kappa shape index (κ2) is 15.2. The smallest absolute Gasteiger partial charge is 0.412 e. The number of carbonyl (C=O) groups excluding carboxylic acids is 3. The molecule has 1 aromatic carbocycles. The van der Waals surface area contributed by atoms with Crippen LogP contribution < -0.4 is 20.7 Å². The summed E-state index contributed by atoms with van der Waals surface area (Å²) in [5, 5.41) is 7.53. The first kappa shape index (κ1) is 17.9. The maximum Gasteiger partial charge on any atom is 0.412 e. The Bertz CT molecular complexity index is 1490. The van der Waals surface area contributed by atoms with Crippen molar-refractivity contribution in [1.29, 1.82) is 0 Å². The Morgan fingerprint density at radius 1 is 1.15 bits per heavy atom. The van der Waals surface area contributed by atoms with E-state index >= 15 is 0 Å². The van der Waals surface area contributed by atoms with Gasteiger partial charge in [0.1, 0.15) is 17.4 Å². The molecule has 10 heteroatoms. The van der Waals surface area contributed by atoms with Gasteiger partial charge in [0.25, 0.3) is 0 Å². The van der Waals surface area contributed by atoms with Crippen LogP contribution in [0.4, 0.5) is 9.59 Å². The Morgan fingerprint density at radius 3 is 2.51 bits per heavy atom. The summed E-state index contributed by atoms with van der Waals surface area (Å²) in [6, 6.07) is 2.13. The van der Waals surface area contributed by atoms with Gasteiger partial charge < -0.3 is 34.9 Å². The standard InChI is InChI=1S/C29H43N3O7/c1-19(2)25(32-28(35)39-29(3,4)5)26(33)30-14-15-31-27(34)38-22-12-10-20(11-13-22)8-9-21-16-23(36-6)18-24(17-21)37-7/h8-13,16,19,21,24-25H,14-15,17-18H2,1-7H3,(H,30,33)(H,31,34)(H,32,35)/b9-8+/i6D3,7D3,8D,9D,17D2,21D,24D. The van der Waals surface area contributed by atoms with Crippen LogP contribution in [0.2, 0.25) is 0 Å². The average molecular weight is 558 g/mol. The maximum absolute atomic E-state index is 12.6. The summed E-state index contributed by atoms with van der Waals surface area (Å²) in [4.78, 5) is 37.0. The highest BCUT2D eigenvalue weighted by Crippen LogP contribution is 2.27. The van der Waals surface area contributed by atoms with Crippen LogP contribution in [0.5, 0.6) is 5.75 Å². The quantitative estimate of drug-likeness (QED) is 0.344. The van der Waals surface area contributed by atoms with Gasteiger partial charge in [-0.3, -0.25) is 4.79 Å². The molecule has 0 saturated heterocycles. The highest BCUT2D eigenvalue weighted by Gasteiger charge is 2.26. The fourth-order valence-electron chi connectivity index (χ4n) is 3.11. The number of methoxy groups -OCH3 is 2. The fourth-order valence-corrected chi connectivity index (χ4v) is 3.11. The third-order valence-corrected chi connectivity index (χ3v) is 4.89. The lowest BCUT2D eigenvalue weighted by Crippen LogP contribution is -2.51. The fraction of sp³-hybridized carbons (Fsp3) is 0.552. The monoisotopic (exact) mass is 557 g/mol. The number of amides is 3. The number of rotatable bonds is 11. The van der Waals surface area contributed by atoms with Gasteiger partial charge in [-0.25, -0.2) is 9.59 Å². The van der Waals surface area contributed by atoms with Gasteiger partial charge in [0.05, 0.1) is 31.2 Å². The third kappa shape index (κ3) is 11.8. The van der Waals surface area contributed by atoms with Crippen molar-refractivity contribution >= 4 is 24.1 Å². The summed E-state index contributed by atoms with van der Waals surface area (Å²) in [6.45, 7) is 8.45. The van der Waals surface area contributed by atoms with E-state index in [1.54, 1.807) is 34.6 Å². The number of hydrogen-bond acceptors (Lipinski definition) is 7. The maximum atomic E-state index is 12.6. The van der Waals surface area contributed by atoms with E-state index in [-0.39, 0.29) is 30.3 Å². The Kier molecular flexibility index (Phi) is 6.97. The minimum atomic E-state index is -3.36. The van der Waals surface area contributed by atoms with Crippen molar-refractivity contribution in [2.75, 3.05) is 27.2 Å². The molecule has 1 aromatic rings. The van der Waals surface area contributed by atoms with Gasteiger partial charge in [-0.2, -0.15) is 0 Å². The van der Waals surface area contributed by atoms with Crippen LogP contribution in [-0.4, -0.2) is 63.0 Å². The molecule has 0 heterocycles. The van der Waals surface area contributed by atoms with Crippen LogP contribution in [0.15, 0.2) is 42.2 Å². The lowest BCUT2D eigenvalue weighted by Gasteiger charge is -2.25. The second-order valence-electron chi connectivity index (χ2n) is 9.70. The van der Waals surface area contributed by atoms with Crippen molar-refractivity contribution in [1.82, 2.24) is 16.0 Å². The van der Waals surface area contributed by atoms with E-state index < -0.39 is 86.4 Å². The highest BCUT2D eigenvalue weighted by atomic mass is 16.6. The van der Waals surface area contributed by atoms with E-state index in [1.165, 1.54) is 24.3 Å². The number of allylic oxidation sites excluding steroid dienone is 2. The molecule has 0 spiro atoms. The van der Waals surface area contributed by atoms with Crippen molar-refractivity contribution in [2.45, 2.75) is 65.1 Å². The Labute approximate surface area is 248 Å². The molecule has 3 atom stereocenters. The van der Waals surface area contributed by atoms with E-state index in [4.69, 9.17) is 35.4 Å². The molecule has 10 nitrogen and oxygen atoms in total. The van der Waals surface area contributed by atoms with Crippen LogP contribution >= 0.6 is 0 Å². The highest BCUT2D eigenvalue weighted by molar-refractivity contribution is 5.86. The molecule has 0 radical (unpaired) electrons. The Balaban J connectivity index is 2.15. The molecule has 0 aromatic heterocycles. The predicted octanol–water partition coefficient (Wildman–Crippen LogP) is 4.41. The van der Waals surface area contributed by atoms with Crippen LogP contribution in [-0.2, 0) is 19.0 Å².